The summed E-state index contributed by atoms with van der Waals surface area (Å²) in [6, 6.07) is 7.56. The van der Waals surface area contributed by atoms with Crippen molar-refractivity contribution in [2.75, 3.05) is 19.8 Å². The Kier molecular flexibility index (Phi) is 2.44. The van der Waals surface area contributed by atoms with E-state index in [1.54, 1.807) is 0 Å². The van der Waals surface area contributed by atoms with Gasteiger partial charge in [0.25, 0.3) is 0 Å². The second-order valence-corrected chi connectivity index (χ2v) is 3.69. The second-order valence-electron chi connectivity index (χ2n) is 3.69. The van der Waals surface area contributed by atoms with E-state index in [4.69, 9.17) is 4.74 Å². The molecule has 1 aromatic rings. The number of benzene rings is 1. The smallest absolute Gasteiger partial charge is 0.123 e. The van der Waals surface area contributed by atoms with Gasteiger partial charge >= 0.3 is 0 Å². The first kappa shape index (κ1) is 9.49. The fourth-order valence-corrected chi connectivity index (χ4v) is 1.90. The van der Waals surface area contributed by atoms with Crippen molar-refractivity contribution in [2.24, 2.45) is 0 Å². The topological polar surface area (TPSA) is 49.7 Å². The molecule has 1 aliphatic rings. The molecule has 0 bridgehead atoms. The molecular formula is C11H14O3. The Morgan fingerprint density at radius 1 is 1.21 bits per heavy atom. The van der Waals surface area contributed by atoms with Gasteiger partial charge in [-0.15, -0.1) is 0 Å². The Labute approximate surface area is 83.0 Å². The second kappa shape index (κ2) is 3.59. The Bertz CT molecular complexity index is 318. The lowest BCUT2D eigenvalue weighted by Gasteiger charge is -2.35. The largest absolute Gasteiger partial charge is 0.493 e. The fraction of sp³-hybridized carbons (Fsp3) is 0.455. The molecule has 2 N–H and O–H groups in total. The SMILES string of the molecule is OCC1(CO)CCOc2ccccc21. The van der Waals surface area contributed by atoms with Crippen molar-refractivity contribution in [3.63, 3.8) is 0 Å². The van der Waals surface area contributed by atoms with Crippen LogP contribution in [0, 0.1) is 0 Å². The van der Waals surface area contributed by atoms with Gasteiger partial charge in [0.05, 0.1) is 19.8 Å². The van der Waals surface area contributed by atoms with Crippen LogP contribution in [0.25, 0.3) is 0 Å². The summed E-state index contributed by atoms with van der Waals surface area (Å²) in [7, 11) is 0. The van der Waals surface area contributed by atoms with Crippen molar-refractivity contribution in [1.82, 2.24) is 0 Å². The number of aliphatic hydroxyl groups excluding tert-OH is 2. The van der Waals surface area contributed by atoms with Gasteiger partial charge < -0.3 is 14.9 Å². The molecule has 1 heterocycles. The first-order chi connectivity index (χ1) is 6.82. The summed E-state index contributed by atoms with van der Waals surface area (Å²) in [5.41, 5.74) is 0.394. The average Bonchev–Trinajstić information content (AvgIpc) is 2.28. The molecule has 1 aliphatic heterocycles. The van der Waals surface area contributed by atoms with Crippen molar-refractivity contribution in [3.05, 3.63) is 29.8 Å². The maximum Gasteiger partial charge on any atom is 0.123 e. The number of hydrogen-bond donors (Lipinski definition) is 2. The summed E-state index contributed by atoms with van der Waals surface area (Å²) in [4.78, 5) is 0. The molecule has 0 amide bonds. The van der Waals surface area contributed by atoms with Gasteiger partial charge in [-0.1, -0.05) is 18.2 Å². The van der Waals surface area contributed by atoms with Crippen LogP contribution in [0.1, 0.15) is 12.0 Å². The van der Waals surface area contributed by atoms with Crippen molar-refractivity contribution in [2.45, 2.75) is 11.8 Å². The lowest BCUT2D eigenvalue weighted by molar-refractivity contribution is 0.0783. The Balaban J connectivity index is 2.48. The fourth-order valence-electron chi connectivity index (χ4n) is 1.90. The lowest BCUT2D eigenvalue weighted by atomic mass is 9.77. The van der Waals surface area contributed by atoms with Crippen molar-refractivity contribution in [1.29, 1.82) is 0 Å². The Morgan fingerprint density at radius 2 is 1.93 bits per heavy atom. The summed E-state index contributed by atoms with van der Waals surface area (Å²) in [5.74, 6) is 0.779. The van der Waals surface area contributed by atoms with Crippen molar-refractivity contribution in [3.8, 4) is 5.75 Å². The molecule has 1 aromatic carbocycles. The average molecular weight is 194 g/mol. The van der Waals surface area contributed by atoms with Gasteiger partial charge in [0.15, 0.2) is 0 Å². The van der Waals surface area contributed by atoms with E-state index in [-0.39, 0.29) is 13.2 Å². The highest BCUT2D eigenvalue weighted by Gasteiger charge is 2.36. The maximum absolute atomic E-state index is 9.37. The van der Waals surface area contributed by atoms with E-state index in [1.807, 2.05) is 24.3 Å². The lowest BCUT2D eigenvalue weighted by Crippen LogP contribution is -2.39. The van der Waals surface area contributed by atoms with E-state index in [9.17, 15) is 10.2 Å². The summed E-state index contributed by atoms with van der Waals surface area (Å²) >= 11 is 0. The molecule has 0 saturated heterocycles. The molecule has 3 nitrogen and oxygen atoms in total. The van der Waals surface area contributed by atoms with Crippen molar-refractivity contribution < 1.29 is 14.9 Å². The van der Waals surface area contributed by atoms with Crippen LogP contribution in [0.3, 0.4) is 0 Å². The molecule has 0 spiro atoms. The van der Waals surface area contributed by atoms with Crippen LogP contribution in [0.15, 0.2) is 24.3 Å². The number of rotatable bonds is 2. The molecule has 0 atom stereocenters. The molecule has 3 heteroatoms. The Hall–Kier alpha value is -1.06. The number of para-hydroxylation sites is 1. The van der Waals surface area contributed by atoms with Gasteiger partial charge in [-0.25, -0.2) is 0 Å². The molecular weight excluding hydrogens is 180 g/mol. The van der Waals surface area contributed by atoms with E-state index in [1.165, 1.54) is 0 Å². The zero-order valence-electron chi connectivity index (χ0n) is 7.94. The highest BCUT2D eigenvalue weighted by molar-refractivity contribution is 5.41. The molecule has 2 rings (SSSR count). The molecule has 76 valence electrons. The Morgan fingerprint density at radius 3 is 2.64 bits per heavy atom. The van der Waals surface area contributed by atoms with E-state index in [0.717, 1.165) is 11.3 Å². The van der Waals surface area contributed by atoms with Gasteiger partial charge in [-0.3, -0.25) is 0 Å². The van der Waals surface area contributed by atoms with Crippen LogP contribution in [0.5, 0.6) is 5.75 Å². The minimum absolute atomic E-state index is 0.0378. The monoisotopic (exact) mass is 194 g/mol. The minimum Gasteiger partial charge on any atom is -0.493 e. The molecule has 0 aromatic heterocycles. The van der Waals surface area contributed by atoms with Gasteiger partial charge in [0.1, 0.15) is 5.75 Å². The third-order valence-electron chi connectivity index (χ3n) is 2.90. The summed E-state index contributed by atoms with van der Waals surface area (Å²) in [6.45, 7) is 0.478. The summed E-state index contributed by atoms with van der Waals surface area (Å²) in [5, 5.41) is 18.7. The van der Waals surface area contributed by atoms with Crippen LogP contribution in [0.4, 0.5) is 0 Å². The first-order valence-corrected chi connectivity index (χ1v) is 4.76. The highest BCUT2D eigenvalue weighted by atomic mass is 16.5. The standard InChI is InChI=1S/C11H14O3/c12-7-11(8-13)5-6-14-10-4-2-1-3-9(10)11/h1-4,12-13H,5-8H2. The predicted molar refractivity (Wildman–Crippen MR) is 52.4 cm³/mol. The predicted octanol–water partition coefficient (Wildman–Crippen LogP) is 0.692. The quantitative estimate of drug-likeness (QED) is 0.728. The zero-order valence-corrected chi connectivity index (χ0v) is 7.94. The van der Waals surface area contributed by atoms with Gasteiger partial charge in [-0.05, 0) is 12.5 Å². The zero-order chi connectivity index (χ0) is 10.0. The van der Waals surface area contributed by atoms with E-state index in [0.29, 0.717) is 13.0 Å². The molecule has 0 saturated carbocycles. The molecule has 0 aliphatic carbocycles. The van der Waals surface area contributed by atoms with E-state index >= 15 is 0 Å². The highest BCUT2D eigenvalue weighted by Crippen LogP contribution is 2.37. The van der Waals surface area contributed by atoms with Crippen LogP contribution < -0.4 is 4.74 Å². The van der Waals surface area contributed by atoms with Crippen LogP contribution in [-0.4, -0.2) is 30.0 Å². The van der Waals surface area contributed by atoms with E-state index in [2.05, 4.69) is 0 Å². The van der Waals surface area contributed by atoms with E-state index < -0.39 is 5.41 Å². The third-order valence-corrected chi connectivity index (χ3v) is 2.90. The van der Waals surface area contributed by atoms with Gasteiger partial charge in [0.2, 0.25) is 0 Å². The normalized spacial score (nSPS) is 18.4. The molecule has 0 unspecified atom stereocenters. The van der Waals surface area contributed by atoms with Crippen LogP contribution in [-0.2, 0) is 5.41 Å². The number of ether oxygens (including phenoxy) is 1. The molecule has 14 heavy (non-hydrogen) atoms. The third kappa shape index (κ3) is 1.29. The van der Waals surface area contributed by atoms with Gasteiger partial charge in [0, 0.05) is 11.0 Å². The van der Waals surface area contributed by atoms with Crippen molar-refractivity contribution >= 4 is 0 Å². The first-order valence-electron chi connectivity index (χ1n) is 4.76. The minimum atomic E-state index is -0.519. The maximum atomic E-state index is 9.37. The number of aliphatic hydroxyl groups is 2. The summed E-state index contributed by atoms with van der Waals surface area (Å²) in [6.07, 6.45) is 0.664. The summed E-state index contributed by atoms with van der Waals surface area (Å²) < 4.78 is 5.46. The number of hydrogen-bond acceptors (Lipinski definition) is 3. The van der Waals surface area contributed by atoms with Crippen LogP contribution in [0.2, 0.25) is 0 Å². The van der Waals surface area contributed by atoms with Gasteiger partial charge in [-0.2, -0.15) is 0 Å². The molecule has 0 radical (unpaired) electrons. The van der Waals surface area contributed by atoms with Crippen LogP contribution >= 0.6 is 0 Å². The number of fused-ring (bicyclic) bond motifs is 1. The molecule has 0 fully saturated rings.